The Balaban J connectivity index is 2.28. The van der Waals surface area contributed by atoms with Gasteiger partial charge in [0.1, 0.15) is 11.6 Å². The van der Waals surface area contributed by atoms with Crippen molar-refractivity contribution in [2.24, 2.45) is 0 Å². The molecule has 2 N–H and O–H groups in total. The van der Waals surface area contributed by atoms with Crippen molar-refractivity contribution in [2.45, 2.75) is 0 Å². The van der Waals surface area contributed by atoms with E-state index in [9.17, 15) is 4.39 Å². The summed E-state index contributed by atoms with van der Waals surface area (Å²) in [6.07, 6.45) is 1.45. The second-order valence-corrected chi connectivity index (χ2v) is 4.50. The van der Waals surface area contributed by atoms with Crippen LogP contribution >= 0.6 is 27.5 Å². The van der Waals surface area contributed by atoms with Crippen LogP contribution in [0.4, 0.5) is 10.1 Å². The van der Waals surface area contributed by atoms with Crippen molar-refractivity contribution in [1.29, 1.82) is 0 Å². The zero-order chi connectivity index (χ0) is 12.4. The highest BCUT2D eigenvalue weighted by Crippen LogP contribution is 2.30. The van der Waals surface area contributed by atoms with Crippen LogP contribution < -0.4 is 10.5 Å². The van der Waals surface area contributed by atoms with Crippen LogP contribution in [0.15, 0.2) is 34.9 Å². The lowest BCUT2D eigenvalue weighted by atomic mass is 10.3. The molecule has 6 heteroatoms. The minimum absolute atomic E-state index is 0.0432. The third-order valence-corrected chi connectivity index (χ3v) is 2.81. The maximum atomic E-state index is 13.2. The predicted octanol–water partition coefficient (Wildman–Crippen LogP) is 4.01. The van der Waals surface area contributed by atoms with Crippen LogP contribution in [0.1, 0.15) is 0 Å². The minimum Gasteiger partial charge on any atom is -0.438 e. The van der Waals surface area contributed by atoms with Crippen LogP contribution in [-0.2, 0) is 0 Å². The fraction of sp³-hybridized carbons (Fsp3) is 0. The smallest absolute Gasteiger partial charge is 0.233 e. The van der Waals surface area contributed by atoms with E-state index < -0.39 is 5.82 Å². The van der Waals surface area contributed by atoms with Gasteiger partial charge < -0.3 is 10.5 Å². The Labute approximate surface area is 110 Å². The van der Waals surface area contributed by atoms with Gasteiger partial charge in [-0.3, -0.25) is 0 Å². The highest BCUT2D eigenvalue weighted by Gasteiger charge is 2.07. The Morgan fingerprint density at radius 2 is 2.12 bits per heavy atom. The molecule has 88 valence electrons. The minimum atomic E-state index is -0.546. The maximum absolute atomic E-state index is 13.2. The number of anilines is 1. The highest BCUT2D eigenvalue weighted by atomic mass is 79.9. The van der Waals surface area contributed by atoms with Gasteiger partial charge in [-0.15, -0.1) is 0 Å². The number of nitrogens with zero attached hydrogens (tertiary/aromatic N) is 1. The predicted molar refractivity (Wildman–Crippen MR) is 67.8 cm³/mol. The Kier molecular flexibility index (Phi) is 3.49. The lowest BCUT2D eigenvalue weighted by molar-refractivity contribution is 0.455. The number of hydrogen-bond donors (Lipinski definition) is 1. The summed E-state index contributed by atoms with van der Waals surface area (Å²) in [5, 5.41) is 0.0432. The average Bonchev–Trinajstić information content (AvgIpc) is 2.27. The summed E-state index contributed by atoms with van der Waals surface area (Å²) in [6, 6.07) is 5.80. The molecule has 1 aromatic heterocycles. The molecule has 0 fully saturated rings. The van der Waals surface area contributed by atoms with Gasteiger partial charge in [-0.25, -0.2) is 9.37 Å². The van der Waals surface area contributed by atoms with Crippen LogP contribution in [0.3, 0.4) is 0 Å². The van der Waals surface area contributed by atoms with Gasteiger partial charge in [0.2, 0.25) is 5.88 Å². The van der Waals surface area contributed by atoms with E-state index in [-0.39, 0.29) is 5.02 Å². The van der Waals surface area contributed by atoms with Crippen molar-refractivity contribution in [3.05, 3.63) is 45.8 Å². The molecule has 0 bridgehead atoms. The first-order chi connectivity index (χ1) is 8.06. The number of hydrogen-bond acceptors (Lipinski definition) is 3. The fourth-order valence-corrected chi connectivity index (χ4v) is 1.73. The zero-order valence-electron chi connectivity index (χ0n) is 8.45. The quantitative estimate of drug-likeness (QED) is 0.910. The van der Waals surface area contributed by atoms with E-state index >= 15 is 0 Å². The summed E-state index contributed by atoms with van der Waals surface area (Å²) in [5.41, 5.74) is 6.05. The summed E-state index contributed by atoms with van der Waals surface area (Å²) >= 11 is 8.81. The molecule has 0 aliphatic heterocycles. The van der Waals surface area contributed by atoms with Crippen molar-refractivity contribution in [3.8, 4) is 11.6 Å². The van der Waals surface area contributed by atoms with Crippen molar-refractivity contribution in [1.82, 2.24) is 4.98 Å². The Hall–Kier alpha value is -1.33. The number of pyridine rings is 1. The van der Waals surface area contributed by atoms with Gasteiger partial charge in [-0.2, -0.15) is 0 Å². The molecule has 17 heavy (non-hydrogen) atoms. The first-order valence-corrected chi connectivity index (χ1v) is 5.77. The molecule has 1 heterocycles. The Morgan fingerprint density at radius 3 is 2.76 bits per heavy atom. The summed E-state index contributed by atoms with van der Waals surface area (Å²) in [5.74, 6) is 0.0709. The van der Waals surface area contributed by atoms with Crippen LogP contribution in [-0.4, -0.2) is 4.98 Å². The molecule has 0 atom stereocenters. The molecule has 0 saturated heterocycles. The number of nitrogen functional groups attached to an aromatic ring is 1. The molecule has 0 radical (unpaired) electrons. The molecule has 3 nitrogen and oxygen atoms in total. The molecule has 1 aromatic carbocycles. The number of halogens is 3. The first kappa shape index (κ1) is 12.1. The third-order valence-electron chi connectivity index (χ3n) is 1.93. The van der Waals surface area contributed by atoms with Gasteiger partial charge in [-0.1, -0.05) is 11.6 Å². The number of nitrogens with two attached hydrogens (primary N) is 1. The van der Waals surface area contributed by atoms with E-state index in [0.717, 1.165) is 0 Å². The van der Waals surface area contributed by atoms with Crippen LogP contribution in [0.2, 0.25) is 5.02 Å². The molecule has 0 spiro atoms. The molecule has 0 aliphatic carbocycles. The van der Waals surface area contributed by atoms with Crippen molar-refractivity contribution < 1.29 is 9.13 Å². The maximum Gasteiger partial charge on any atom is 0.233 e. The van der Waals surface area contributed by atoms with Crippen LogP contribution in [0, 0.1) is 5.82 Å². The van der Waals surface area contributed by atoms with E-state index in [2.05, 4.69) is 20.9 Å². The number of aromatic nitrogens is 1. The largest absolute Gasteiger partial charge is 0.438 e. The molecule has 0 saturated carbocycles. The molecular weight excluding hydrogens is 310 g/mol. The van der Waals surface area contributed by atoms with Gasteiger partial charge in [0.05, 0.1) is 21.4 Å². The van der Waals surface area contributed by atoms with E-state index in [0.29, 0.717) is 21.8 Å². The van der Waals surface area contributed by atoms with E-state index in [1.54, 1.807) is 12.1 Å². The molecule has 0 aliphatic rings. The lowest BCUT2D eigenvalue weighted by Crippen LogP contribution is -1.92. The monoisotopic (exact) mass is 316 g/mol. The number of ether oxygens (including phenoxy) is 1. The van der Waals surface area contributed by atoms with E-state index in [1.807, 2.05) is 0 Å². The normalized spacial score (nSPS) is 10.3. The Bertz CT molecular complexity index is 565. The molecule has 0 unspecified atom stereocenters. The molecular formula is C11H7BrClFN2O. The molecule has 2 aromatic rings. The van der Waals surface area contributed by atoms with Gasteiger partial charge in [0.25, 0.3) is 0 Å². The van der Waals surface area contributed by atoms with Crippen molar-refractivity contribution in [3.63, 3.8) is 0 Å². The molecule has 0 amide bonds. The SMILES string of the molecule is Nc1cnc(Oc2ccc(Cl)c(F)c2)c(Br)c1. The van der Waals surface area contributed by atoms with E-state index in [4.69, 9.17) is 22.1 Å². The summed E-state index contributed by atoms with van der Waals surface area (Å²) < 4.78 is 19.2. The Morgan fingerprint density at radius 1 is 1.35 bits per heavy atom. The van der Waals surface area contributed by atoms with Gasteiger partial charge in [0.15, 0.2) is 0 Å². The first-order valence-electron chi connectivity index (χ1n) is 4.60. The zero-order valence-corrected chi connectivity index (χ0v) is 10.8. The number of rotatable bonds is 2. The topological polar surface area (TPSA) is 48.1 Å². The van der Waals surface area contributed by atoms with Gasteiger partial charge >= 0.3 is 0 Å². The second-order valence-electron chi connectivity index (χ2n) is 3.23. The summed E-state index contributed by atoms with van der Waals surface area (Å²) in [4.78, 5) is 3.98. The van der Waals surface area contributed by atoms with Gasteiger partial charge in [-0.05, 0) is 34.1 Å². The van der Waals surface area contributed by atoms with Crippen LogP contribution in [0.5, 0.6) is 11.6 Å². The lowest BCUT2D eigenvalue weighted by Gasteiger charge is -2.07. The fourth-order valence-electron chi connectivity index (χ4n) is 1.17. The summed E-state index contributed by atoms with van der Waals surface area (Å²) in [6.45, 7) is 0. The number of benzene rings is 1. The third kappa shape index (κ3) is 2.87. The average molecular weight is 318 g/mol. The standard InChI is InChI=1S/C11H7BrClFN2O/c12-8-3-6(15)5-16-11(8)17-7-1-2-9(13)10(14)4-7/h1-5H,15H2. The van der Waals surface area contributed by atoms with E-state index in [1.165, 1.54) is 18.3 Å². The second kappa shape index (κ2) is 4.89. The highest BCUT2D eigenvalue weighted by molar-refractivity contribution is 9.10. The van der Waals surface area contributed by atoms with Crippen molar-refractivity contribution in [2.75, 3.05) is 5.73 Å². The van der Waals surface area contributed by atoms with Crippen LogP contribution in [0.25, 0.3) is 0 Å². The van der Waals surface area contributed by atoms with Gasteiger partial charge in [0, 0.05) is 6.07 Å². The molecule has 2 rings (SSSR count). The summed E-state index contributed by atoms with van der Waals surface area (Å²) in [7, 11) is 0. The van der Waals surface area contributed by atoms with Crippen molar-refractivity contribution >= 4 is 33.2 Å².